The van der Waals surface area contributed by atoms with Gasteiger partial charge in [0.2, 0.25) is 0 Å². The minimum atomic E-state index is -1.17. The summed E-state index contributed by atoms with van der Waals surface area (Å²) in [4.78, 5) is 27.3. The van der Waals surface area contributed by atoms with E-state index < -0.39 is 11.5 Å². The van der Waals surface area contributed by atoms with Crippen LogP contribution in [0.2, 0.25) is 0 Å². The summed E-state index contributed by atoms with van der Waals surface area (Å²) in [7, 11) is 0. The molecule has 1 fully saturated rings. The lowest BCUT2D eigenvalue weighted by Gasteiger charge is -2.43. The Morgan fingerprint density at radius 3 is 1.95 bits per heavy atom. The van der Waals surface area contributed by atoms with Gasteiger partial charge in [0.15, 0.2) is 0 Å². The number of carboxylic acid groups (broad SMARTS) is 1. The van der Waals surface area contributed by atoms with Gasteiger partial charge in [-0.3, -0.25) is 0 Å². The van der Waals surface area contributed by atoms with Crippen LogP contribution in [0.4, 0.5) is 4.79 Å². The minimum Gasteiger partial charge on any atom is -0.480 e. The smallest absolute Gasteiger partial charge is 0.329 e. The zero-order valence-corrected chi connectivity index (χ0v) is 14.3. The zero-order valence-electron chi connectivity index (χ0n) is 14.3. The van der Waals surface area contributed by atoms with Crippen molar-refractivity contribution < 1.29 is 14.7 Å². The Labute approximate surface area is 128 Å². The van der Waals surface area contributed by atoms with Crippen molar-refractivity contribution in [1.82, 2.24) is 9.80 Å². The van der Waals surface area contributed by atoms with Crippen LogP contribution in [-0.4, -0.2) is 52.1 Å². The molecule has 0 atom stereocenters. The molecule has 1 saturated heterocycles. The first-order chi connectivity index (χ1) is 9.51. The van der Waals surface area contributed by atoms with E-state index in [0.29, 0.717) is 25.6 Å². The van der Waals surface area contributed by atoms with Gasteiger partial charge in [0.25, 0.3) is 0 Å². The maximum absolute atomic E-state index is 12.6. The van der Waals surface area contributed by atoms with Crippen molar-refractivity contribution in [3.8, 4) is 0 Å². The minimum absolute atomic E-state index is 0.155. The molecule has 5 nitrogen and oxygen atoms in total. The first kappa shape index (κ1) is 17.8. The van der Waals surface area contributed by atoms with Gasteiger partial charge in [-0.25, -0.2) is 9.59 Å². The van der Waals surface area contributed by atoms with Gasteiger partial charge >= 0.3 is 12.0 Å². The van der Waals surface area contributed by atoms with E-state index in [2.05, 4.69) is 20.8 Å². The molecule has 0 bridgehead atoms. The van der Waals surface area contributed by atoms with E-state index >= 15 is 0 Å². The number of rotatable bonds is 3. The largest absolute Gasteiger partial charge is 0.480 e. The van der Waals surface area contributed by atoms with Crippen LogP contribution < -0.4 is 0 Å². The van der Waals surface area contributed by atoms with E-state index in [0.717, 1.165) is 12.8 Å². The van der Waals surface area contributed by atoms with Crippen molar-refractivity contribution in [3.63, 3.8) is 0 Å². The molecule has 0 saturated carbocycles. The van der Waals surface area contributed by atoms with Gasteiger partial charge in [0, 0.05) is 19.6 Å². The number of nitrogens with zero attached hydrogens (tertiary/aromatic N) is 2. The lowest BCUT2D eigenvalue weighted by Crippen LogP contribution is -2.58. The van der Waals surface area contributed by atoms with Crippen LogP contribution in [0, 0.1) is 11.3 Å². The maximum atomic E-state index is 12.6. The molecule has 1 aliphatic rings. The second kappa shape index (κ2) is 6.24. The molecule has 122 valence electrons. The van der Waals surface area contributed by atoms with Crippen LogP contribution >= 0.6 is 0 Å². The number of piperidine rings is 1. The summed E-state index contributed by atoms with van der Waals surface area (Å²) < 4.78 is 0. The number of carboxylic acids is 1. The van der Waals surface area contributed by atoms with Gasteiger partial charge < -0.3 is 14.9 Å². The fourth-order valence-corrected chi connectivity index (χ4v) is 2.99. The van der Waals surface area contributed by atoms with E-state index in [9.17, 15) is 14.7 Å². The molecule has 21 heavy (non-hydrogen) atoms. The molecule has 0 radical (unpaired) electrons. The number of amides is 2. The first-order valence-corrected chi connectivity index (χ1v) is 7.81. The van der Waals surface area contributed by atoms with Crippen LogP contribution in [0.1, 0.15) is 54.4 Å². The normalized spacial score (nSPS) is 17.7. The van der Waals surface area contributed by atoms with Crippen molar-refractivity contribution in [2.45, 2.75) is 59.9 Å². The van der Waals surface area contributed by atoms with Crippen molar-refractivity contribution in [1.29, 1.82) is 0 Å². The molecule has 0 aliphatic carbocycles. The zero-order chi connectivity index (χ0) is 16.4. The number of carbonyl (C=O) groups excluding carboxylic acids is 1. The highest BCUT2D eigenvalue weighted by Crippen LogP contribution is 2.34. The fraction of sp³-hybridized carbons (Fsp3) is 0.875. The molecule has 1 aliphatic heterocycles. The third-order valence-corrected chi connectivity index (χ3v) is 4.74. The Morgan fingerprint density at radius 2 is 1.62 bits per heavy atom. The van der Waals surface area contributed by atoms with Gasteiger partial charge in [0.1, 0.15) is 5.54 Å². The number of aliphatic carboxylic acids is 1. The highest BCUT2D eigenvalue weighted by molar-refractivity contribution is 5.85. The average molecular weight is 298 g/mol. The Bertz CT molecular complexity index is 391. The molecule has 0 spiro atoms. The van der Waals surface area contributed by atoms with E-state index in [1.807, 2.05) is 6.92 Å². The third kappa shape index (κ3) is 3.89. The summed E-state index contributed by atoms with van der Waals surface area (Å²) in [6.07, 6.45) is 1.97. The summed E-state index contributed by atoms with van der Waals surface area (Å²) in [5, 5.41) is 9.33. The van der Waals surface area contributed by atoms with Gasteiger partial charge in [-0.2, -0.15) is 0 Å². The summed E-state index contributed by atoms with van der Waals surface area (Å²) in [5.74, 6) is -0.355. The van der Waals surface area contributed by atoms with E-state index in [-0.39, 0.29) is 11.4 Å². The average Bonchev–Trinajstić information content (AvgIpc) is 2.38. The predicted molar refractivity (Wildman–Crippen MR) is 83.2 cm³/mol. The molecule has 1 N–H and O–H groups in total. The molecule has 5 heteroatoms. The molecule has 2 amide bonds. The van der Waals surface area contributed by atoms with Crippen molar-refractivity contribution in [2.24, 2.45) is 11.3 Å². The summed E-state index contributed by atoms with van der Waals surface area (Å²) >= 11 is 0. The molecule has 1 rings (SSSR count). The molecule has 1 heterocycles. The highest BCUT2D eigenvalue weighted by atomic mass is 16.4. The van der Waals surface area contributed by atoms with Gasteiger partial charge in [-0.1, -0.05) is 20.8 Å². The fourth-order valence-electron chi connectivity index (χ4n) is 2.99. The van der Waals surface area contributed by atoms with Crippen molar-refractivity contribution in [3.05, 3.63) is 0 Å². The van der Waals surface area contributed by atoms with Crippen LogP contribution in [0.5, 0.6) is 0 Å². The van der Waals surface area contributed by atoms with E-state index in [1.54, 1.807) is 18.7 Å². The Morgan fingerprint density at radius 1 is 1.14 bits per heavy atom. The van der Waals surface area contributed by atoms with Crippen molar-refractivity contribution >= 4 is 12.0 Å². The topological polar surface area (TPSA) is 60.9 Å². The lowest BCUT2D eigenvalue weighted by molar-refractivity contribution is -0.147. The quantitative estimate of drug-likeness (QED) is 0.871. The molecule has 0 aromatic rings. The van der Waals surface area contributed by atoms with Crippen LogP contribution in [0.25, 0.3) is 0 Å². The molecular weight excluding hydrogens is 268 g/mol. The van der Waals surface area contributed by atoms with E-state index in [1.165, 1.54) is 4.90 Å². The van der Waals surface area contributed by atoms with E-state index in [4.69, 9.17) is 0 Å². The first-order valence-electron chi connectivity index (χ1n) is 7.81. The summed E-state index contributed by atoms with van der Waals surface area (Å²) in [5.41, 5.74) is -0.910. The summed E-state index contributed by atoms with van der Waals surface area (Å²) in [6.45, 7) is 13.5. The van der Waals surface area contributed by atoms with Gasteiger partial charge in [-0.15, -0.1) is 0 Å². The van der Waals surface area contributed by atoms with Gasteiger partial charge in [-0.05, 0) is 44.9 Å². The second-order valence-electron chi connectivity index (χ2n) is 7.52. The number of carbonyl (C=O) groups is 2. The summed E-state index contributed by atoms with van der Waals surface area (Å²) in [6, 6.07) is -0.155. The standard InChI is InChI=1S/C16H30N2O3/c1-7-18(16(5,6)13(19)20)14(21)17-10-8-12(9-11-17)15(2,3)4/h12H,7-11H2,1-6H3,(H,19,20). The van der Waals surface area contributed by atoms with Crippen LogP contribution in [-0.2, 0) is 4.79 Å². The Hall–Kier alpha value is -1.26. The molecule has 0 aromatic carbocycles. The third-order valence-electron chi connectivity index (χ3n) is 4.74. The number of likely N-dealkylation sites (tertiary alicyclic amines) is 1. The molecule has 0 aromatic heterocycles. The monoisotopic (exact) mass is 298 g/mol. The maximum Gasteiger partial charge on any atom is 0.329 e. The lowest BCUT2D eigenvalue weighted by atomic mass is 9.75. The molecule has 0 unspecified atom stereocenters. The van der Waals surface area contributed by atoms with Crippen LogP contribution in [0.3, 0.4) is 0 Å². The number of urea groups is 1. The number of likely N-dealkylation sites (N-methyl/N-ethyl adjacent to an activating group) is 1. The highest BCUT2D eigenvalue weighted by Gasteiger charge is 2.40. The predicted octanol–water partition coefficient (Wildman–Crippen LogP) is 3.05. The number of hydrogen-bond donors (Lipinski definition) is 1. The number of hydrogen-bond acceptors (Lipinski definition) is 2. The molecular formula is C16H30N2O3. The Balaban J connectivity index is 2.74. The SMILES string of the molecule is CCN(C(=O)N1CCC(C(C)(C)C)CC1)C(C)(C)C(=O)O. The second-order valence-corrected chi connectivity index (χ2v) is 7.52. The van der Waals surface area contributed by atoms with Gasteiger partial charge in [0.05, 0.1) is 0 Å². The van der Waals surface area contributed by atoms with Crippen LogP contribution in [0.15, 0.2) is 0 Å². The Kier molecular flexibility index (Phi) is 5.29. The van der Waals surface area contributed by atoms with Crippen molar-refractivity contribution in [2.75, 3.05) is 19.6 Å².